The van der Waals surface area contributed by atoms with Crippen LogP contribution in [-0.4, -0.2) is 21.0 Å². The molecule has 0 bridgehead atoms. The highest BCUT2D eigenvalue weighted by atomic mass is 35.5. The van der Waals surface area contributed by atoms with Gasteiger partial charge in [-0.15, -0.1) is 0 Å². The smallest absolute Gasteiger partial charge is 0.319 e. The van der Waals surface area contributed by atoms with Crippen molar-refractivity contribution in [1.29, 1.82) is 0 Å². The number of nitrogens with one attached hydrogen (secondary N) is 2. The van der Waals surface area contributed by atoms with E-state index < -0.39 is 16.1 Å². The van der Waals surface area contributed by atoms with E-state index in [0.717, 1.165) is 5.56 Å². The first-order valence-electron chi connectivity index (χ1n) is 6.88. The SMILES string of the molecule is NS(=O)(=O)c1cccc(NC(=O)NCCc2cccc(Cl)c2Cl)c1. The molecule has 0 saturated carbocycles. The fourth-order valence-corrected chi connectivity index (χ4v) is 2.95. The lowest BCUT2D eigenvalue weighted by atomic mass is 10.1. The molecule has 0 spiro atoms. The average molecular weight is 388 g/mol. The van der Waals surface area contributed by atoms with E-state index in [0.29, 0.717) is 28.7 Å². The molecule has 0 aliphatic carbocycles. The lowest BCUT2D eigenvalue weighted by Crippen LogP contribution is -2.30. The van der Waals surface area contributed by atoms with Crippen molar-refractivity contribution in [3.8, 4) is 0 Å². The van der Waals surface area contributed by atoms with Crippen LogP contribution in [0.4, 0.5) is 10.5 Å². The van der Waals surface area contributed by atoms with E-state index in [4.69, 9.17) is 28.3 Å². The van der Waals surface area contributed by atoms with Crippen LogP contribution < -0.4 is 15.8 Å². The van der Waals surface area contributed by atoms with Gasteiger partial charge in [0.05, 0.1) is 14.9 Å². The molecule has 24 heavy (non-hydrogen) atoms. The lowest BCUT2D eigenvalue weighted by Gasteiger charge is -2.09. The van der Waals surface area contributed by atoms with Crippen molar-refractivity contribution in [3.63, 3.8) is 0 Å². The van der Waals surface area contributed by atoms with Crippen LogP contribution in [0.3, 0.4) is 0 Å². The molecule has 0 aliphatic rings. The van der Waals surface area contributed by atoms with Gasteiger partial charge in [-0.3, -0.25) is 0 Å². The summed E-state index contributed by atoms with van der Waals surface area (Å²) < 4.78 is 22.6. The second kappa shape index (κ2) is 7.85. The number of hydrogen-bond acceptors (Lipinski definition) is 3. The molecular formula is C15H15Cl2N3O3S. The van der Waals surface area contributed by atoms with Crippen LogP contribution in [0.15, 0.2) is 47.4 Å². The van der Waals surface area contributed by atoms with Crippen molar-refractivity contribution in [2.24, 2.45) is 5.14 Å². The number of urea groups is 1. The Morgan fingerprint density at radius 1 is 1.12 bits per heavy atom. The number of amides is 2. The zero-order chi connectivity index (χ0) is 17.7. The highest BCUT2D eigenvalue weighted by Crippen LogP contribution is 2.25. The zero-order valence-corrected chi connectivity index (χ0v) is 14.8. The summed E-state index contributed by atoms with van der Waals surface area (Å²) in [5.41, 5.74) is 1.14. The monoisotopic (exact) mass is 387 g/mol. The first-order chi connectivity index (χ1) is 11.3. The quantitative estimate of drug-likeness (QED) is 0.734. The summed E-state index contributed by atoms with van der Waals surface area (Å²) in [6.07, 6.45) is 0.504. The Balaban J connectivity index is 1.91. The fraction of sp³-hybridized carbons (Fsp3) is 0.133. The minimum absolute atomic E-state index is 0.0778. The van der Waals surface area contributed by atoms with Gasteiger partial charge < -0.3 is 10.6 Å². The van der Waals surface area contributed by atoms with E-state index >= 15 is 0 Å². The topological polar surface area (TPSA) is 101 Å². The second-order valence-electron chi connectivity index (χ2n) is 4.92. The van der Waals surface area contributed by atoms with Gasteiger partial charge in [0, 0.05) is 12.2 Å². The first-order valence-corrected chi connectivity index (χ1v) is 9.18. The molecule has 6 nitrogen and oxygen atoms in total. The van der Waals surface area contributed by atoms with Crippen LogP contribution in [0.5, 0.6) is 0 Å². The van der Waals surface area contributed by atoms with E-state index in [1.54, 1.807) is 18.2 Å². The van der Waals surface area contributed by atoms with Gasteiger partial charge in [0.25, 0.3) is 0 Å². The number of hydrogen-bond donors (Lipinski definition) is 3. The van der Waals surface area contributed by atoms with Crippen molar-refractivity contribution in [2.75, 3.05) is 11.9 Å². The number of rotatable bonds is 5. The molecule has 0 saturated heterocycles. The molecule has 0 atom stereocenters. The Kier molecular flexibility index (Phi) is 6.06. The van der Waals surface area contributed by atoms with Crippen LogP contribution in [0, 0.1) is 0 Å². The number of carbonyl (C=O) groups excluding carboxylic acids is 1. The molecule has 0 fully saturated rings. The molecule has 9 heteroatoms. The standard InChI is InChI=1S/C15H15Cl2N3O3S/c16-13-6-1-3-10(14(13)17)7-8-19-15(21)20-11-4-2-5-12(9-11)24(18,22)23/h1-6,9H,7-8H2,(H2,18,22,23)(H2,19,20,21). The summed E-state index contributed by atoms with van der Waals surface area (Å²) >= 11 is 12.0. The molecule has 2 rings (SSSR count). The third-order valence-corrected chi connectivity index (χ3v) is 4.90. The third kappa shape index (κ3) is 5.10. The molecule has 4 N–H and O–H groups in total. The van der Waals surface area contributed by atoms with E-state index in [1.165, 1.54) is 18.2 Å². The summed E-state index contributed by atoms with van der Waals surface area (Å²) in [6.45, 7) is 0.334. The number of sulfonamides is 1. The maximum atomic E-state index is 11.9. The van der Waals surface area contributed by atoms with Crippen molar-refractivity contribution in [2.45, 2.75) is 11.3 Å². The fourth-order valence-electron chi connectivity index (χ4n) is 1.98. The Bertz CT molecular complexity index is 857. The predicted molar refractivity (Wildman–Crippen MR) is 95.0 cm³/mol. The molecule has 2 aromatic rings. The van der Waals surface area contributed by atoms with E-state index in [9.17, 15) is 13.2 Å². The molecule has 0 aliphatic heterocycles. The maximum absolute atomic E-state index is 11.9. The van der Waals surface area contributed by atoms with Gasteiger partial charge in [0.1, 0.15) is 0 Å². The summed E-state index contributed by atoms with van der Waals surface area (Å²) in [5, 5.41) is 11.2. The molecule has 0 unspecified atom stereocenters. The molecule has 2 aromatic carbocycles. The Hall–Kier alpha value is -1.80. The van der Waals surface area contributed by atoms with Crippen LogP contribution in [0.1, 0.15) is 5.56 Å². The Labute approximate surface area is 150 Å². The largest absolute Gasteiger partial charge is 0.338 e. The van der Waals surface area contributed by atoms with Crippen LogP contribution >= 0.6 is 23.2 Å². The van der Waals surface area contributed by atoms with Gasteiger partial charge in [0.2, 0.25) is 10.0 Å². The third-order valence-electron chi connectivity index (χ3n) is 3.13. The van der Waals surface area contributed by atoms with Gasteiger partial charge in [-0.1, -0.05) is 41.4 Å². The zero-order valence-electron chi connectivity index (χ0n) is 12.4. The van der Waals surface area contributed by atoms with Crippen LogP contribution in [0.2, 0.25) is 10.0 Å². The number of anilines is 1. The maximum Gasteiger partial charge on any atom is 0.319 e. The minimum atomic E-state index is -3.82. The number of nitrogens with two attached hydrogens (primary N) is 1. The van der Waals surface area contributed by atoms with Gasteiger partial charge in [0.15, 0.2) is 0 Å². The summed E-state index contributed by atoms with van der Waals surface area (Å²) in [4.78, 5) is 11.8. The highest BCUT2D eigenvalue weighted by molar-refractivity contribution is 7.89. The summed E-state index contributed by atoms with van der Waals surface area (Å²) in [7, 11) is -3.82. The first kappa shape index (κ1) is 18.5. The van der Waals surface area contributed by atoms with Crippen molar-refractivity contribution in [1.82, 2.24) is 5.32 Å². The molecule has 0 radical (unpaired) electrons. The normalized spacial score (nSPS) is 11.1. The van der Waals surface area contributed by atoms with Crippen molar-refractivity contribution < 1.29 is 13.2 Å². The van der Waals surface area contributed by atoms with E-state index in [1.807, 2.05) is 6.07 Å². The molecule has 0 heterocycles. The van der Waals surface area contributed by atoms with Crippen molar-refractivity contribution in [3.05, 3.63) is 58.1 Å². The van der Waals surface area contributed by atoms with E-state index in [-0.39, 0.29) is 4.90 Å². The lowest BCUT2D eigenvalue weighted by molar-refractivity contribution is 0.252. The molecular weight excluding hydrogens is 373 g/mol. The predicted octanol–water partition coefficient (Wildman–Crippen LogP) is 3.01. The molecule has 2 amide bonds. The van der Waals surface area contributed by atoms with E-state index in [2.05, 4.69) is 10.6 Å². The highest BCUT2D eigenvalue weighted by Gasteiger charge is 2.09. The Morgan fingerprint density at radius 2 is 1.83 bits per heavy atom. The summed E-state index contributed by atoms with van der Waals surface area (Å²) in [5.74, 6) is 0. The number of primary sulfonamides is 1. The number of benzene rings is 2. The van der Waals surface area contributed by atoms with Crippen LogP contribution in [0.25, 0.3) is 0 Å². The molecule has 0 aromatic heterocycles. The van der Waals surface area contributed by atoms with Gasteiger partial charge in [-0.05, 0) is 36.2 Å². The number of carbonyl (C=O) groups is 1. The number of halogens is 2. The van der Waals surface area contributed by atoms with Crippen LogP contribution in [-0.2, 0) is 16.4 Å². The molecule has 128 valence electrons. The van der Waals surface area contributed by atoms with Gasteiger partial charge >= 0.3 is 6.03 Å². The van der Waals surface area contributed by atoms with Gasteiger partial charge in [-0.2, -0.15) is 0 Å². The van der Waals surface area contributed by atoms with Gasteiger partial charge in [-0.25, -0.2) is 18.4 Å². The minimum Gasteiger partial charge on any atom is -0.338 e. The second-order valence-corrected chi connectivity index (χ2v) is 7.26. The Morgan fingerprint density at radius 3 is 2.54 bits per heavy atom. The summed E-state index contributed by atoms with van der Waals surface area (Å²) in [6, 6.07) is 10.5. The van der Waals surface area contributed by atoms with Crippen molar-refractivity contribution >= 4 is 44.9 Å². The average Bonchev–Trinajstić information content (AvgIpc) is 2.51.